The Kier molecular flexibility index (Phi) is 7.86. The number of carbonyl (C=O) groups excluding carboxylic acids is 1. The Balaban J connectivity index is 0.00000140. The van der Waals surface area contributed by atoms with E-state index in [2.05, 4.69) is 15.3 Å². The zero-order valence-corrected chi connectivity index (χ0v) is 18.2. The van der Waals surface area contributed by atoms with Gasteiger partial charge >= 0.3 is 0 Å². The molecule has 1 N–H and O–H groups in total. The van der Waals surface area contributed by atoms with E-state index >= 15 is 0 Å². The summed E-state index contributed by atoms with van der Waals surface area (Å²) in [6, 6.07) is 7.40. The van der Waals surface area contributed by atoms with Crippen molar-refractivity contribution < 1.29 is 4.79 Å². The summed E-state index contributed by atoms with van der Waals surface area (Å²) in [5.74, 6) is 0.805. The number of aryl methyl sites for hydroxylation is 1. The monoisotopic (exact) mass is 459 g/mol. The highest BCUT2D eigenvalue weighted by Crippen LogP contribution is 2.28. The van der Waals surface area contributed by atoms with Crippen LogP contribution in [-0.4, -0.2) is 45.0 Å². The van der Waals surface area contributed by atoms with E-state index in [1.807, 2.05) is 52.4 Å². The highest BCUT2D eigenvalue weighted by atomic mass is 35.5. The number of nitrogens with zero attached hydrogens (tertiary/aromatic N) is 4. The molecule has 150 valence electrons. The number of piperazine rings is 1. The quantitative estimate of drug-likeness (QED) is 0.645. The van der Waals surface area contributed by atoms with Gasteiger partial charge in [-0.3, -0.25) is 4.79 Å². The topological polar surface area (TPSA) is 63.1 Å². The molecule has 3 heterocycles. The Morgan fingerprint density at radius 3 is 2.89 bits per heavy atom. The van der Waals surface area contributed by atoms with Gasteiger partial charge in [0, 0.05) is 55.0 Å². The summed E-state index contributed by atoms with van der Waals surface area (Å²) in [5.41, 5.74) is 1.38. The second kappa shape index (κ2) is 9.71. The Morgan fingerprint density at radius 1 is 1.36 bits per heavy atom. The summed E-state index contributed by atoms with van der Waals surface area (Å²) in [5, 5.41) is 6.61. The Morgan fingerprint density at radius 2 is 2.18 bits per heavy atom. The highest BCUT2D eigenvalue weighted by molar-refractivity contribution is 7.13. The van der Waals surface area contributed by atoms with Gasteiger partial charge in [0.05, 0.1) is 0 Å². The molecule has 1 aromatic carbocycles. The van der Waals surface area contributed by atoms with Crippen molar-refractivity contribution in [3.8, 4) is 10.6 Å². The van der Waals surface area contributed by atoms with Gasteiger partial charge in [-0.25, -0.2) is 9.97 Å². The first-order valence-corrected chi connectivity index (χ1v) is 9.59. The maximum atomic E-state index is 13.1. The lowest BCUT2D eigenvalue weighted by Gasteiger charge is -2.35. The van der Waals surface area contributed by atoms with E-state index in [9.17, 15) is 4.79 Å². The predicted octanol–water partition coefficient (Wildman–Crippen LogP) is 3.83. The summed E-state index contributed by atoms with van der Waals surface area (Å²) >= 11 is 7.51. The number of rotatable bonds is 3. The van der Waals surface area contributed by atoms with Crippen LogP contribution in [0.1, 0.15) is 22.4 Å². The molecule has 0 aliphatic carbocycles. The molecule has 1 aliphatic rings. The van der Waals surface area contributed by atoms with Gasteiger partial charge in [-0.05, 0) is 12.1 Å². The molecule has 0 bridgehead atoms. The lowest BCUT2D eigenvalue weighted by Crippen LogP contribution is -2.49. The maximum absolute atomic E-state index is 13.1. The number of nitrogens with one attached hydrogen (secondary N) is 1. The van der Waals surface area contributed by atoms with Crippen LogP contribution in [0.25, 0.3) is 10.6 Å². The molecule has 1 amide bonds. The third-order valence-corrected chi connectivity index (χ3v) is 5.58. The van der Waals surface area contributed by atoms with E-state index in [1.165, 1.54) is 11.3 Å². The van der Waals surface area contributed by atoms with Crippen molar-refractivity contribution in [1.29, 1.82) is 0 Å². The average Bonchev–Trinajstić information content (AvgIpc) is 3.30. The second-order valence-corrected chi connectivity index (χ2v) is 7.46. The van der Waals surface area contributed by atoms with Gasteiger partial charge in [0.25, 0.3) is 5.91 Å². The van der Waals surface area contributed by atoms with Crippen molar-refractivity contribution in [3.05, 3.63) is 58.6 Å². The summed E-state index contributed by atoms with van der Waals surface area (Å²) in [6.07, 6.45) is 3.65. The molecule has 0 radical (unpaired) electrons. The third kappa shape index (κ3) is 4.50. The number of aromatic nitrogens is 3. The van der Waals surface area contributed by atoms with E-state index in [4.69, 9.17) is 11.6 Å². The number of benzene rings is 1. The molecule has 0 spiro atoms. The normalized spacial score (nSPS) is 16.2. The van der Waals surface area contributed by atoms with Crippen molar-refractivity contribution in [1.82, 2.24) is 24.8 Å². The van der Waals surface area contributed by atoms with Crippen LogP contribution in [0.2, 0.25) is 5.02 Å². The number of hydrogen-bond donors (Lipinski definition) is 1. The minimum Gasteiger partial charge on any atom is -0.336 e. The van der Waals surface area contributed by atoms with Crippen LogP contribution in [0, 0.1) is 0 Å². The van der Waals surface area contributed by atoms with Gasteiger partial charge in [0.1, 0.15) is 22.6 Å². The highest BCUT2D eigenvalue weighted by Gasteiger charge is 2.32. The van der Waals surface area contributed by atoms with E-state index < -0.39 is 0 Å². The molecular weight excluding hydrogens is 441 g/mol. The fourth-order valence-electron chi connectivity index (χ4n) is 3.15. The molecule has 1 unspecified atom stereocenters. The molecule has 4 rings (SSSR count). The van der Waals surface area contributed by atoms with Gasteiger partial charge in [-0.2, -0.15) is 0 Å². The Labute approximate surface area is 184 Å². The average molecular weight is 461 g/mol. The summed E-state index contributed by atoms with van der Waals surface area (Å²) in [6.45, 7) is 2.07. The minimum atomic E-state index is -0.104. The minimum absolute atomic E-state index is 0. The first-order valence-electron chi connectivity index (χ1n) is 8.34. The van der Waals surface area contributed by atoms with Crippen LogP contribution in [0.4, 0.5) is 0 Å². The number of halogens is 3. The molecular formula is C18H20Cl3N5OS. The van der Waals surface area contributed by atoms with E-state index in [-0.39, 0.29) is 36.8 Å². The molecule has 1 saturated heterocycles. The van der Waals surface area contributed by atoms with E-state index in [0.29, 0.717) is 23.8 Å². The lowest BCUT2D eigenvalue weighted by atomic mass is 10.1. The van der Waals surface area contributed by atoms with Gasteiger partial charge in [-0.15, -0.1) is 36.2 Å². The Hall–Kier alpha value is -1.64. The van der Waals surface area contributed by atoms with Gasteiger partial charge in [0.2, 0.25) is 0 Å². The Bertz CT molecular complexity index is 945. The summed E-state index contributed by atoms with van der Waals surface area (Å²) in [7, 11) is 1.94. The van der Waals surface area contributed by atoms with Crippen molar-refractivity contribution in [2.75, 3.05) is 19.6 Å². The van der Waals surface area contributed by atoms with Crippen LogP contribution in [0.15, 0.2) is 42.0 Å². The lowest BCUT2D eigenvalue weighted by molar-refractivity contribution is 0.0615. The number of imidazole rings is 1. The van der Waals surface area contributed by atoms with Crippen molar-refractivity contribution >= 4 is 53.7 Å². The van der Waals surface area contributed by atoms with Gasteiger partial charge < -0.3 is 14.8 Å². The largest absolute Gasteiger partial charge is 0.336 e. The summed E-state index contributed by atoms with van der Waals surface area (Å²) in [4.78, 5) is 23.9. The number of thiazole rings is 1. The number of amides is 1. The second-order valence-electron chi connectivity index (χ2n) is 6.16. The van der Waals surface area contributed by atoms with Crippen LogP contribution < -0.4 is 5.32 Å². The molecule has 6 nitrogen and oxygen atoms in total. The molecule has 10 heteroatoms. The van der Waals surface area contributed by atoms with Crippen molar-refractivity contribution in [2.24, 2.45) is 7.05 Å². The standard InChI is InChI=1S/C18H18ClN5OS.2ClH/c1-23-7-6-21-16(23)15-10-20-5-8-24(15)18(25)14-11-26-17(22-14)12-3-2-4-13(19)9-12;;/h2-4,6-7,9,11,15,20H,5,8,10H2,1H3;2*1H. The van der Waals surface area contributed by atoms with Crippen LogP contribution in [0.3, 0.4) is 0 Å². The number of hydrogen-bond acceptors (Lipinski definition) is 5. The van der Waals surface area contributed by atoms with Gasteiger partial charge in [0.15, 0.2) is 0 Å². The predicted molar refractivity (Wildman–Crippen MR) is 117 cm³/mol. The van der Waals surface area contributed by atoms with E-state index in [0.717, 1.165) is 22.9 Å². The van der Waals surface area contributed by atoms with Crippen LogP contribution in [-0.2, 0) is 7.05 Å². The fourth-order valence-corrected chi connectivity index (χ4v) is 4.13. The number of carbonyl (C=O) groups is 1. The van der Waals surface area contributed by atoms with Crippen LogP contribution in [0.5, 0.6) is 0 Å². The van der Waals surface area contributed by atoms with Crippen molar-refractivity contribution in [2.45, 2.75) is 6.04 Å². The summed E-state index contributed by atoms with van der Waals surface area (Å²) < 4.78 is 1.95. The zero-order chi connectivity index (χ0) is 18.1. The first-order chi connectivity index (χ1) is 12.6. The van der Waals surface area contributed by atoms with Crippen molar-refractivity contribution in [3.63, 3.8) is 0 Å². The SMILES string of the molecule is Cl.Cl.Cn1ccnc1C1CNCCN1C(=O)c1csc(-c2cccc(Cl)c2)n1. The van der Waals surface area contributed by atoms with Crippen LogP contribution >= 0.6 is 47.8 Å². The molecule has 1 aliphatic heterocycles. The molecule has 1 atom stereocenters. The molecule has 28 heavy (non-hydrogen) atoms. The zero-order valence-electron chi connectivity index (χ0n) is 15.0. The smallest absolute Gasteiger partial charge is 0.274 e. The molecule has 1 fully saturated rings. The fraction of sp³-hybridized carbons (Fsp3) is 0.278. The maximum Gasteiger partial charge on any atom is 0.274 e. The third-order valence-electron chi connectivity index (χ3n) is 4.46. The van der Waals surface area contributed by atoms with Gasteiger partial charge in [-0.1, -0.05) is 23.7 Å². The molecule has 0 saturated carbocycles. The van der Waals surface area contributed by atoms with E-state index in [1.54, 1.807) is 6.20 Å². The first kappa shape index (κ1) is 22.6. The molecule has 2 aromatic heterocycles. The molecule has 3 aromatic rings.